The van der Waals surface area contributed by atoms with Crippen molar-refractivity contribution >= 4 is 17.7 Å². The molecule has 4 rings (SSSR count). The van der Waals surface area contributed by atoms with E-state index in [2.05, 4.69) is 13.8 Å². The Morgan fingerprint density at radius 2 is 1.71 bits per heavy atom. The third-order valence-corrected chi connectivity index (χ3v) is 9.68. The first-order valence-corrected chi connectivity index (χ1v) is 12.1. The number of fused-ring (bicyclic) bond motifs is 5. The molecular weight excluding hydrogens is 396 g/mol. The molecule has 0 aromatic heterocycles. The second-order valence-corrected chi connectivity index (χ2v) is 11.2. The van der Waals surface area contributed by atoms with Gasteiger partial charge in [-0.1, -0.05) is 13.8 Å². The molecule has 9 atom stereocenters. The van der Waals surface area contributed by atoms with Crippen LogP contribution in [0.2, 0.25) is 0 Å². The van der Waals surface area contributed by atoms with Gasteiger partial charge in [0.2, 0.25) is 0 Å². The summed E-state index contributed by atoms with van der Waals surface area (Å²) in [5.41, 5.74) is -0.171. The molecule has 6 nitrogen and oxygen atoms in total. The molecule has 0 saturated heterocycles. The minimum atomic E-state index is -0.425. The predicted octanol–water partition coefficient (Wildman–Crippen LogP) is 3.68. The molecule has 31 heavy (non-hydrogen) atoms. The lowest BCUT2D eigenvalue weighted by atomic mass is 9.44. The van der Waals surface area contributed by atoms with Crippen molar-refractivity contribution in [3.8, 4) is 0 Å². The van der Waals surface area contributed by atoms with Crippen molar-refractivity contribution in [1.82, 2.24) is 0 Å². The van der Waals surface area contributed by atoms with Gasteiger partial charge in [0.15, 0.2) is 5.78 Å². The number of carbonyl (C=O) groups excluding carboxylic acids is 3. The average Bonchev–Trinajstić information content (AvgIpc) is 3.02. The summed E-state index contributed by atoms with van der Waals surface area (Å²) < 4.78 is 10.6. The molecule has 4 saturated carbocycles. The van der Waals surface area contributed by atoms with Crippen molar-refractivity contribution in [1.29, 1.82) is 0 Å². The van der Waals surface area contributed by atoms with Gasteiger partial charge in [0.05, 0.1) is 6.10 Å². The number of esters is 2. The first-order valence-electron chi connectivity index (χ1n) is 12.1. The van der Waals surface area contributed by atoms with Crippen molar-refractivity contribution in [2.75, 3.05) is 6.61 Å². The van der Waals surface area contributed by atoms with Crippen molar-refractivity contribution in [3.63, 3.8) is 0 Å². The van der Waals surface area contributed by atoms with Gasteiger partial charge in [-0.25, -0.2) is 0 Å². The van der Waals surface area contributed by atoms with Crippen LogP contribution < -0.4 is 0 Å². The Balaban J connectivity index is 1.53. The zero-order chi connectivity index (χ0) is 22.6. The van der Waals surface area contributed by atoms with Gasteiger partial charge in [-0.15, -0.1) is 0 Å². The highest BCUT2D eigenvalue weighted by Crippen LogP contribution is 2.67. The van der Waals surface area contributed by atoms with E-state index in [1.54, 1.807) is 0 Å². The first-order chi connectivity index (χ1) is 14.6. The van der Waals surface area contributed by atoms with Crippen LogP contribution in [0.25, 0.3) is 0 Å². The Bertz CT molecular complexity index is 748. The summed E-state index contributed by atoms with van der Waals surface area (Å²) in [5.74, 6) is 0.797. The normalized spacial score (nSPS) is 46.3. The fourth-order valence-electron chi connectivity index (χ4n) is 8.49. The van der Waals surface area contributed by atoms with Gasteiger partial charge in [0.1, 0.15) is 12.7 Å². The summed E-state index contributed by atoms with van der Waals surface area (Å²) in [6, 6.07) is 0. The highest BCUT2D eigenvalue weighted by Gasteiger charge is 2.64. The number of hydrogen-bond donors (Lipinski definition) is 1. The first kappa shape index (κ1) is 22.8. The summed E-state index contributed by atoms with van der Waals surface area (Å²) in [4.78, 5) is 35.5. The van der Waals surface area contributed by atoms with E-state index in [1.807, 2.05) is 0 Å². The number of aliphatic hydroxyl groups is 1. The van der Waals surface area contributed by atoms with Crippen LogP contribution in [0, 0.1) is 40.4 Å². The summed E-state index contributed by atoms with van der Waals surface area (Å²) in [7, 11) is 0. The second kappa shape index (κ2) is 8.17. The Labute approximate surface area is 185 Å². The molecule has 4 aliphatic carbocycles. The van der Waals surface area contributed by atoms with Gasteiger partial charge in [-0.05, 0) is 85.9 Å². The van der Waals surface area contributed by atoms with E-state index in [0.717, 1.165) is 44.9 Å². The Kier molecular flexibility index (Phi) is 5.99. The molecule has 174 valence electrons. The quantitative estimate of drug-likeness (QED) is 0.679. The fraction of sp³-hybridized carbons (Fsp3) is 0.880. The zero-order valence-corrected chi connectivity index (χ0v) is 19.4. The Morgan fingerprint density at radius 3 is 2.39 bits per heavy atom. The molecule has 0 unspecified atom stereocenters. The smallest absolute Gasteiger partial charge is 0.303 e. The number of hydrogen-bond acceptors (Lipinski definition) is 6. The third-order valence-electron chi connectivity index (χ3n) is 9.68. The van der Waals surface area contributed by atoms with Crippen molar-refractivity contribution in [2.24, 2.45) is 40.4 Å². The van der Waals surface area contributed by atoms with Gasteiger partial charge in [-0.2, -0.15) is 0 Å². The maximum absolute atomic E-state index is 12.9. The molecule has 0 aromatic rings. The highest BCUT2D eigenvalue weighted by atomic mass is 16.5. The number of Topliss-reactive ketones (excluding diaryl/α,β-unsaturated/α-hetero) is 1. The topological polar surface area (TPSA) is 89.9 Å². The number of aliphatic hydroxyl groups excluding tert-OH is 1. The van der Waals surface area contributed by atoms with Crippen molar-refractivity contribution in [2.45, 2.75) is 91.3 Å². The molecule has 6 heteroatoms. The Morgan fingerprint density at radius 1 is 0.968 bits per heavy atom. The molecule has 4 aliphatic rings. The summed E-state index contributed by atoms with van der Waals surface area (Å²) in [5, 5.41) is 11.5. The maximum Gasteiger partial charge on any atom is 0.303 e. The molecular formula is C25H38O6. The van der Waals surface area contributed by atoms with Gasteiger partial charge in [-0.3, -0.25) is 14.4 Å². The van der Waals surface area contributed by atoms with E-state index in [1.165, 1.54) is 13.8 Å². The molecule has 0 amide bonds. The highest BCUT2D eigenvalue weighted by molar-refractivity contribution is 5.85. The maximum atomic E-state index is 12.9. The van der Waals surface area contributed by atoms with E-state index in [0.29, 0.717) is 24.2 Å². The standard InChI is InChI=1S/C25H38O6/c1-14(26)30-13-22(29)20-8-7-19-18-6-5-16-11-17(31-15(2)27)9-10-24(16,3)23(18)21(28)12-25(19,20)4/h16-21,23,28H,5-13H2,1-4H3/t16-,17+,18+,19+,20-,21+,23-,24+,25+/m1/s1. The van der Waals surface area contributed by atoms with E-state index >= 15 is 0 Å². The second-order valence-electron chi connectivity index (χ2n) is 11.2. The van der Waals surface area contributed by atoms with E-state index in [-0.39, 0.29) is 47.1 Å². The van der Waals surface area contributed by atoms with Crippen LogP contribution in [-0.2, 0) is 23.9 Å². The lowest BCUT2D eigenvalue weighted by Gasteiger charge is -2.62. The predicted molar refractivity (Wildman–Crippen MR) is 114 cm³/mol. The van der Waals surface area contributed by atoms with Crippen LogP contribution in [0.15, 0.2) is 0 Å². The minimum Gasteiger partial charge on any atom is -0.463 e. The number of ether oxygens (including phenoxy) is 2. The van der Waals surface area contributed by atoms with Crippen molar-refractivity contribution < 1.29 is 29.0 Å². The monoisotopic (exact) mass is 434 g/mol. The van der Waals surface area contributed by atoms with Gasteiger partial charge in [0.25, 0.3) is 0 Å². The molecule has 0 spiro atoms. The summed E-state index contributed by atoms with van der Waals surface area (Å²) in [6.45, 7) is 7.20. The van der Waals surface area contributed by atoms with Crippen LogP contribution in [0.3, 0.4) is 0 Å². The molecule has 0 radical (unpaired) electrons. The van der Waals surface area contributed by atoms with E-state index in [9.17, 15) is 19.5 Å². The molecule has 0 heterocycles. The van der Waals surface area contributed by atoms with E-state index < -0.39 is 12.1 Å². The lowest BCUT2D eigenvalue weighted by Crippen LogP contribution is -2.59. The molecule has 1 N–H and O–H groups in total. The molecule has 4 fully saturated rings. The Hall–Kier alpha value is -1.43. The van der Waals surface area contributed by atoms with Gasteiger partial charge < -0.3 is 14.6 Å². The number of ketones is 1. The number of carbonyl (C=O) groups is 3. The average molecular weight is 435 g/mol. The molecule has 0 aliphatic heterocycles. The summed E-state index contributed by atoms with van der Waals surface area (Å²) in [6.07, 6.45) is 6.98. The largest absolute Gasteiger partial charge is 0.463 e. The van der Waals surface area contributed by atoms with Crippen LogP contribution in [0.1, 0.15) is 79.1 Å². The van der Waals surface area contributed by atoms with Crippen LogP contribution in [0.4, 0.5) is 0 Å². The zero-order valence-electron chi connectivity index (χ0n) is 19.4. The van der Waals surface area contributed by atoms with Crippen LogP contribution >= 0.6 is 0 Å². The molecule has 0 bridgehead atoms. The number of rotatable bonds is 4. The van der Waals surface area contributed by atoms with Crippen LogP contribution in [-0.4, -0.2) is 41.6 Å². The van der Waals surface area contributed by atoms with Gasteiger partial charge in [0, 0.05) is 19.8 Å². The van der Waals surface area contributed by atoms with Crippen LogP contribution in [0.5, 0.6) is 0 Å². The molecule has 0 aromatic carbocycles. The van der Waals surface area contributed by atoms with E-state index in [4.69, 9.17) is 9.47 Å². The minimum absolute atomic E-state index is 0.00707. The van der Waals surface area contributed by atoms with Gasteiger partial charge >= 0.3 is 11.9 Å². The fourth-order valence-corrected chi connectivity index (χ4v) is 8.49. The third kappa shape index (κ3) is 3.83. The lowest BCUT2D eigenvalue weighted by molar-refractivity contribution is -0.185. The summed E-state index contributed by atoms with van der Waals surface area (Å²) >= 11 is 0. The SMILES string of the molecule is CC(=O)OCC(=O)[C@H]1CC[C@H]2[C@@H]3CC[C@@H]4C[C@@H](OC(C)=O)CC[C@]4(C)[C@H]3[C@@H](O)C[C@]12C. The van der Waals surface area contributed by atoms with Crippen molar-refractivity contribution in [3.05, 3.63) is 0 Å².